The van der Waals surface area contributed by atoms with Crippen LogP contribution in [0.3, 0.4) is 0 Å². The molecule has 0 atom stereocenters. The average Bonchev–Trinajstić information content (AvgIpc) is 3.37. The highest BCUT2D eigenvalue weighted by atomic mass is 16.5. The van der Waals surface area contributed by atoms with Crippen molar-refractivity contribution in [2.24, 2.45) is 5.41 Å². The van der Waals surface area contributed by atoms with Gasteiger partial charge in [-0.3, -0.25) is 4.90 Å². The third kappa shape index (κ3) is 3.66. The number of benzene rings is 1. The third-order valence-electron chi connectivity index (χ3n) is 6.22. The summed E-state index contributed by atoms with van der Waals surface area (Å²) in [5.74, 6) is 0.820. The van der Waals surface area contributed by atoms with Crippen molar-refractivity contribution in [3.05, 3.63) is 48.6 Å². The molecule has 0 bridgehead atoms. The van der Waals surface area contributed by atoms with Crippen LogP contribution in [-0.2, 0) is 11.3 Å². The van der Waals surface area contributed by atoms with Gasteiger partial charge < -0.3 is 19.5 Å². The highest BCUT2D eigenvalue weighted by molar-refractivity contribution is 5.93. The summed E-state index contributed by atoms with van der Waals surface area (Å²) >= 11 is 0. The summed E-state index contributed by atoms with van der Waals surface area (Å²) < 4.78 is 10.9. The fourth-order valence-electron chi connectivity index (χ4n) is 4.41. The number of fused-ring (bicyclic) bond motifs is 2. The van der Waals surface area contributed by atoms with Gasteiger partial charge >= 0.3 is 0 Å². The van der Waals surface area contributed by atoms with Gasteiger partial charge in [0.05, 0.1) is 18.3 Å². The van der Waals surface area contributed by atoms with Gasteiger partial charge in [-0.1, -0.05) is 6.92 Å². The molecule has 30 heavy (non-hydrogen) atoms. The molecule has 3 aromatic heterocycles. The van der Waals surface area contributed by atoms with Crippen molar-refractivity contribution in [1.29, 1.82) is 0 Å². The summed E-state index contributed by atoms with van der Waals surface area (Å²) in [5, 5.41) is 5.59. The Kier molecular flexibility index (Phi) is 4.92. The maximum absolute atomic E-state index is 5.44. The number of ether oxygens (including phenoxy) is 1. The fraction of sp³-hybridized carbons (Fsp3) is 0.391. The normalized spacial score (nSPS) is 17.0. The van der Waals surface area contributed by atoms with E-state index in [0.29, 0.717) is 0 Å². The molecule has 1 fully saturated rings. The van der Waals surface area contributed by atoms with Crippen LogP contribution < -0.4 is 5.32 Å². The fourth-order valence-corrected chi connectivity index (χ4v) is 4.41. The first kappa shape index (κ1) is 19.1. The molecule has 1 saturated heterocycles. The zero-order valence-corrected chi connectivity index (χ0v) is 17.4. The lowest BCUT2D eigenvalue weighted by Crippen LogP contribution is -2.40. The molecule has 5 rings (SSSR count). The van der Waals surface area contributed by atoms with Crippen LogP contribution in [-0.4, -0.2) is 46.7 Å². The number of H-pyrrole nitrogens is 1. The lowest BCUT2D eigenvalue weighted by molar-refractivity contribution is 0.0323. The second-order valence-electron chi connectivity index (χ2n) is 8.58. The average molecular weight is 406 g/mol. The Hall–Kier alpha value is -2.90. The molecular formula is C23H27N5O2. The van der Waals surface area contributed by atoms with Gasteiger partial charge in [0, 0.05) is 30.9 Å². The molecule has 7 nitrogen and oxygen atoms in total. The number of furan rings is 1. The Morgan fingerprint density at radius 3 is 2.93 bits per heavy atom. The van der Waals surface area contributed by atoms with E-state index in [4.69, 9.17) is 9.15 Å². The van der Waals surface area contributed by atoms with Gasteiger partial charge in [-0.05, 0) is 61.2 Å². The number of nitrogens with one attached hydrogen (secondary N) is 2. The van der Waals surface area contributed by atoms with Crippen LogP contribution in [0, 0.1) is 5.41 Å². The van der Waals surface area contributed by atoms with Crippen LogP contribution in [0.2, 0.25) is 0 Å². The summed E-state index contributed by atoms with van der Waals surface area (Å²) in [6.45, 7) is 6.18. The van der Waals surface area contributed by atoms with Crippen molar-refractivity contribution in [2.45, 2.75) is 26.3 Å². The highest BCUT2D eigenvalue weighted by Gasteiger charge is 2.30. The summed E-state index contributed by atoms with van der Waals surface area (Å²) in [6, 6.07) is 8.01. The van der Waals surface area contributed by atoms with Crippen LogP contribution in [0.25, 0.3) is 22.0 Å². The van der Waals surface area contributed by atoms with Crippen molar-refractivity contribution < 1.29 is 9.15 Å². The maximum Gasteiger partial charge on any atom is 0.143 e. The SMILES string of the molecule is COCC1(C)CCN(Cc2c[nH]c3ncnc(Nc4ccc5occc5c4)c23)CC1. The third-order valence-corrected chi connectivity index (χ3v) is 6.22. The molecule has 1 aliphatic heterocycles. The smallest absolute Gasteiger partial charge is 0.143 e. The summed E-state index contributed by atoms with van der Waals surface area (Å²) in [6.07, 6.45) is 7.66. The molecule has 7 heteroatoms. The minimum Gasteiger partial charge on any atom is -0.464 e. The van der Waals surface area contributed by atoms with Crippen LogP contribution in [0.1, 0.15) is 25.3 Å². The Morgan fingerprint density at radius 2 is 2.10 bits per heavy atom. The molecule has 1 aromatic carbocycles. The molecule has 0 amide bonds. The predicted molar refractivity (Wildman–Crippen MR) is 118 cm³/mol. The van der Waals surface area contributed by atoms with Crippen molar-refractivity contribution in [1.82, 2.24) is 19.9 Å². The number of piperidine rings is 1. The lowest BCUT2D eigenvalue weighted by atomic mass is 9.81. The predicted octanol–water partition coefficient (Wildman–Crippen LogP) is 4.70. The number of aromatic amines is 1. The quantitative estimate of drug-likeness (QED) is 0.484. The number of aromatic nitrogens is 3. The van der Waals surface area contributed by atoms with Gasteiger partial charge in [0.25, 0.3) is 0 Å². The van der Waals surface area contributed by atoms with E-state index in [1.54, 1.807) is 19.7 Å². The zero-order valence-electron chi connectivity index (χ0n) is 17.4. The van der Waals surface area contributed by atoms with Crippen molar-refractivity contribution in [3.8, 4) is 0 Å². The zero-order chi connectivity index (χ0) is 20.6. The number of hydrogen-bond acceptors (Lipinski definition) is 6. The van der Waals surface area contributed by atoms with E-state index in [1.165, 1.54) is 5.56 Å². The van der Waals surface area contributed by atoms with E-state index in [-0.39, 0.29) is 5.41 Å². The molecule has 156 valence electrons. The van der Waals surface area contributed by atoms with E-state index in [1.807, 2.05) is 18.2 Å². The van der Waals surface area contributed by atoms with Crippen molar-refractivity contribution in [3.63, 3.8) is 0 Å². The minimum atomic E-state index is 0.285. The van der Waals surface area contributed by atoms with Crippen molar-refractivity contribution >= 4 is 33.5 Å². The van der Waals surface area contributed by atoms with Crippen molar-refractivity contribution in [2.75, 3.05) is 32.1 Å². The number of hydrogen-bond donors (Lipinski definition) is 2. The van der Waals surface area contributed by atoms with Crippen LogP contribution in [0.5, 0.6) is 0 Å². The Morgan fingerprint density at radius 1 is 1.23 bits per heavy atom. The number of methoxy groups -OCH3 is 1. The van der Waals surface area contributed by atoms with Gasteiger partial charge in [0.15, 0.2) is 0 Å². The molecule has 2 N–H and O–H groups in total. The minimum absolute atomic E-state index is 0.285. The molecule has 0 unspecified atom stereocenters. The van der Waals surface area contributed by atoms with Gasteiger partial charge in [0.1, 0.15) is 23.4 Å². The van der Waals surface area contributed by atoms with Gasteiger partial charge in [-0.2, -0.15) is 0 Å². The van der Waals surface area contributed by atoms with Crippen LogP contribution >= 0.6 is 0 Å². The van der Waals surface area contributed by atoms with E-state index < -0.39 is 0 Å². The Bertz CT molecular complexity index is 1160. The first-order valence-electron chi connectivity index (χ1n) is 10.4. The van der Waals surface area contributed by atoms with E-state index in [9.17, 15) is 0 Å². The summed E-state index contributed by atoms with van der Waals surface area (Å²) in [7, 11) is 1.79. The first-order chi connectivity index (χ1) is 14.6. The van der Waals surface area contributed by atoms with E-state index >= 15 is 0 Å². The maximum atomic E-state index is 5.44. The molecule has 0 aliphatic carbocycles. The molecule has 1 aliphatic rings. The first-order valence-corrected chi connectivity index (χ1v) is 10.4. The Labute approximate surface area is 175 Å². The molecule has 0 spiro atoms. The molecule has 4 aromatic rings. The summed E-state index contributed by atoms with van der Waals surface area (Å²) in [5.41, 5.74) is 4.21. The number of likely N-dealkylation sites (tertiary alicyclic amines) is 1. The molecule has 0 radical (unpaired) electrons. The molecule has 0 saturated carbocycles. The standard InChI is InChI=1S/C23H27N5O2/c1-23(14-29-2)6-8-28(9-7-23)13-17-12-24-21-20(17)22(26-15-25-21)27-18-3-4-19-16(11-18)5-10-30-19/h3-5,10-12,15H,6-9,13-14H2,1-2H3,(H2,24,25,26,27). The number of nitrogens with zero attached hydrogens (tertiary/aromatic N) is 3. The lowest BCUT2D eigenvalue weighted by Gasteiger charge is -2.38. The molecular weight excluding hydrogens is 378 g/mol. The highest BCUT2D eigenvalue weighted by Crippen LogP contribution is 2.33. The summed E-state index contributed by atoms with van der Waals surface area (Å²) in [4.78, 5) is 14.8. The van der Waals surface area contributed by atoms with Gasteiger partial charge in [0.2, 0.25) is 0 Å². The molecule has 4 heterocycles. The number of rotatable bonds is 6. The largest absolute Gasteiger partial charge is 0.464 e. The van der Waals surface area contributed by atoms with E-state index in [2.05, 4.69) is 44.4 Å². The topological polar surface area (TPSA) is 79.2 Å². The van der Waals surface area contributed by atoms with Gasteiger partial charge in [-0.25, -0.2) is 9.97 Å². The van der Waals surface area contributed by atoms with E-state index in [0.717, 1.165) is 72.6 Å². The monoisotopic (exact) mass is 405 g/mol. The van der Waals surface area contributed by atoms with Crippen LogP contribution in [0.15, 0.2) is 47.5 Å². The number of anilines is 2. The van der Waals surface area contributed by atoms with Gasteiger partial charge in [-0.15, -0.1) is 0 Å². The Balaban J connectivity index is 1.38. The van der Waals surface area contributed by atoms with Crippen LogP contribution in [0.4, 0.5) is 11.5 Å². The second kappa shape index (κ2) is 7.74. The second-order valence-corrected chi connectivity index (χ2v) is 8.58.